The Balaban J connectivity index is 2.69. The molecule has 0 bridgehead atoms. The van der Waals surface area contributed by atoms with E-state index < -0.39 is 11.7 Å². The molecule has 0 amide bonds. The van der Waals surface area contributed by atoms with E-state index in [1.54, 1.807) is 6.92 Å². The molecule has 0 aliphatic heterocycles. The van der Waals surface area contributed by atoms with Crippen molar-refractivity contribution >= 4 is 0 Å². The van der Waals surface area contributed by atoms with Gasteiger partial charge in [0.25, 0.3) is 0 Å². The van der Waals surface area contributed by atoms with Gasteiger partial charge in [-0.15, -0.1) is 0 Å². The van der Waals surface area contributed by atoms with Crippen LogP contribution in [-0.2, 0) is 6.18 Å². The average molecular weight is 275 g/mol. The van der Waals surface area contributed by atoms with E-state index in [9.17, 15) is 18.3 Å². The van der Waals surface area contributed by atoms with Crippen molar-refractivity contribution in [1.29, 1.82) is 0 Å². The topological polar surface area (TPSA) is 23.5 Å². The van der Waals surface area contributed by atoms with Crippen molar-refractivity contribution in [2.45, 2.75) is 38.6 Å². The SMILES string of the molecule is CC(O)CCN(C)C(C)c1ccc(C(F)(F)F)cc1. The Morgan fingerprint density at radius 1 is 1.16 bits per heavy atom. The second-order valence-corrected chi connectivity index (χ2v) is 4.91. The minimum atomic E-state index is -4.29. The van der Waals surface area contributed by atoms with E-state index in [1.807, 2.05) is 18.9 Å². The molecule has 0 saturated carbocycles. The van der Waals surface area contributed by atoms with Crippen molar-refractivity contribution in [2.75, 3.05) is 13.6 Å². The van der Waals surface area contributed by atoms with Crippen LogP contribution in [0.15, 0.2) is 24.3 Å². The van der Waals surface area contributed by atoms with Gasteiger partial charge in [0.05, 0.1) is 11.7 Å². The van der Waals surface area contributed by atoms with Gasteiger partial charge in [-0.25, -0.2) is 0 Å². The minimum absolute atomic E-state index is 0.0148. The normalized spacial score (nSPS) is 15.6. The molecule has 1 rings (SSSR count). The van der Waals surface area contributed by atoms with Crippen molar-refractivity contribution in [2.24, 2.45) is 0 Å². The van der Waals surface area contributed by atoms with E-state index in [0.717, 1.165) is 17.7 Å². The van der Waals surface area contributed by atoms with E-state index in [2.05, 4.69) is 0 Å². The molecule has 0 radical (unpaired) electrons. The molecule has 0 spiro atoms. The second kappa shape index (κ2) is 6.39. The first-order chi connectivity index (χ1) is 8.71. The number of halogens is 3. The quantitative estimate of drug-likeness (QED) is 0.889. The molecule has 0 fully saturated rings. The van der Waals surface area contributed by atoms with Gasteiger partial charge >= 0.3 is 6.18 Å². The van der Waals surface area contributed by atoms with Crippen LogP contribution >= 0.6 is 0 Å². The summed E-state index contributed by atoms with van der Waals surface area (Å²) in [5, 5.41) is 9.23. The van der Waals surface area contributed by atoms with Crippen molar-refractivity contribution < 1.29 is 18.3 Å². The maximum atomic E-state index is 12.5. The average Bonchev–Trinajstić information content (AvgIpc) is 2.34. The number of nitrogens with zero attached hydrogens (tertiary/aromatic N) is 1. The van der Waals surface area contributed by atoms with Gasteiger partial charge < -0.3 is 5.11 Å². The van der Waals surface area contributed by atoms with Crippen LogP contribution in [0.1, 0.15) is 37.4 Å². The molecule has 2 nitrogen and oxygen atoms in total. The predicted molar refractivity (Wildman–Crippen MR) is 68.8 cm³/mol. The van der Waals surface area contributed by atoms with Crippen LogP contribution in [-0.4, -0.2) is 29.7 Å². The number of hydrogen-bond donors (Lipinski definition) is 1. The Bertz CT molecular complexity index is 387. The highest BCUT2D eigenvalue weighted by atomic mass is 19.4. The van der Waals surface area contributed by atoms with Gasteiger partial charge in [0.15, 0.2) is 0 Å². The van der Waals surface area contributed by atoms with Crippen LogP contribution in [0.4, 0.5) is 13.2 Å². The number of hydrogen-bond acceptors (Lipinski definition) is 2. The van der Waals surface area contributed by atoms with Crippen LogP contribution < -0.4 is 0 Å². The molecule has 0 aliphatic carbocycles. The van der Waals surface area contributed by atoms with Crippen LogP contribution in [0, 0.1) is 0 Å². The first kappa shape index (κ1) is 16.0. The lowest BCUT2D eigenvalue weighted by atomic mass is 10.0. The van der Waals surface area contributed by atoms with Crippen molar-refractivity contribution in [3.63, 3.8) is 0 Å². The fourth-order valence-electron chi connectivity index (χ4n) is 1.79. The first-order valence-electron chi connectivity index (χ1n) is 6.27. The summed E-state index contributed by atoms with van der Waals surface area (Å²) in [7, 11) is 1.89. The Hall–Kier alpha value is -1.07. The summed E-state index contributed by atoms with van der Waals surface area (Å²) in [6, 6.07) is 5.24. The molecular weight excluding hydrogens is 255 g/mol. The zero-order valence-electron chi connectivity index (χ0n) is 11.4. The molecule has 0 aliphatic rings. The Kier molecular flexibility index (Phi) is 5.38. The summed E-state index contributed by atoms with van der Waals surface area (Å²) in [5.41, 5.74) is 0.205. The molecule has 2 unspecified atom stereocenters. The van der Waals surface area contributed by atoms with E-state index in [4.69, 9.17) is 0 Å². The molecule has 2 atom stereocenters. The Labute approximate surface area is 111 Å². The maximum Gasteiger partial charge on any atom is 0.416 e. The van der Waals surface area contributed by atoms with E-state index >= 15 is 0 Å². The third kappa shape index (κ3) is 4.84. The van der Waals surface area contributed by atoms with Gasteiger partial charge in [-0.05, 0) is 45.0 Å². The number of aliphatic hydroxyl groups is 1. The van der Waals surface area contributed by atoms with Gasteiger partial charge in [-0.1, -0.05) is 12.1 Å². The summed E-state index contributed by atoms with van der Waals surface area (Å²) in [6.45, 7) is 4.35. The zero-order chi connectivity index (χ0) is 14.6. The van der Waals surface area contributed by atoms with Crippen LogP contribution in [0.5, 0.6) is 0 Å². The maximum absolute atomic E-state index is 12.5. The van der Waals surface area contributed by atoms with E-state index in [0.29, 0.717) is 13.0 Å². The highest BCUT2D eigenvalue weighted by molar-refractivity contribution is 5.26. The molecular formula is C14H20F3NO. The van der Waals surface area contributed by atoms with Gasteiger partial charge in [0.2, 0.25) is 0 Å². The summed E-state index contributed by atoms with van der Waals surface area (Å²) in [4.78, 5) is 2.01. The lowest BCUT2D eigenvalue weighted by molar-refractivity contribution is -0.137. The lowest BCUT2D eigenvalue weighted by Crippen LogP contribution is -2.25. The number of alkyl halides is 3. The fourth-order valence-corrected chi connectivity index (χ4v) is 1.79. The number of benzene rings is 1. The highest BCUT2D eigenvalue weighted by Crippen LogP contribution is 2.30. The van der Waals surface area contributed by atoms with Crippen molar-refractivity contribution in [1.82, 2.24) is 4.90 Å². The Morgan fingerprint density at radius 2 is 1.68 bits per heavy atom. The van der Waals surface area contributed by atoms with Gasteiger partial charge in [0, 0.05) is 12.6 Å². The number of aliphatic hydroxyl groups excluding tert-OH is 1. The zero-order valence-corrected chi connectivity index (χ0v) is 11.4. The molecule has 108 valence electrons. The van der Waals surface area contributed by atoms with Gasteiger partial charge in [0.1, 0.15) is 0 Å². The van der Waals surface area contributed by atoms with Gasteiger partial charge in [-0.2, -0.15) is 13.2 Å². The molecule has 5 heteroatoms. The van der Waals surface area contributed by atoms with E-state index in [1.165, 1.54) is 12.1 Å². The summed E-state index contributed by atoms with van der Waals surface area (Å²) < 4.78 is 37.4. The van der Waals surface area contributed by atoms with Crippen molar-refractivity contribution in [3.8, 4) is 0 Å². The molecule has 1 N–H and O–H groups in total. The van der Waals surface area contributed by atoms with Crippen molar-refractivity contribution in [3.05, 3.63) is 35.4 Å². The standard InChI is InChI=1S/C14H20F3NO/c1-10(19)8-9-18(3)11(2)12-4-6-13(7-5-12)14(15,16)17/h4-7,10-11,19H,8-9H2,1-3H3. The molecule has 0 aromatic heterocycles. The monoisotopic (exact) mass is 275 g/mol. The highest BCUT2D eigenvalue weighted by Gasteiger charge is 2.30. The smallest absolute Gasteiger partial charge is 0.393 e. The second-order valence-electron chi connectivity index (χ2n) is 4.91. The van der Waals surface area contributed by atoms with Crippen LogP contribution in [0.25, 0.3) is 0 Å². The third-order valence-electron chi connectivity index (χ3n) is 3.28. The third-order valence-corrected chi connectivity index (χ3v) is 3.28. The fraction of sp³-hybridized carbons (Fsp3) is 0.571. The molecule has 0 saturated heterocycles. The summed E-state index contributed by atoms with van der Waals surface area (Å²) >= 11 is 0. The lowest BCUT2D eigenvalue weighted by Gasteiger charge is -2.25. The summed E-state index contributed by atoms with van der Waals surface area (Å²) in [6.07, 6.45) is -4.02. The van der Waals surface area contributed by atoms with E-state index in [-0.39, 0.29) is 12.1 Å². The molecule has 19 heavy (non-hydrogen) atoms. The molecule has 1 aromatic carbocycles. The predicted octanol–water partition coefficient (Wildman–Crippen LogP) is 3.47. The van der Waals surface area contributed by atoms with Crippen LogP contribution in [0.3, 0.4) is 0 Å². The molecule has 1 aromatic rings. The minimum Gasteiger partial charge on any atom is -0.393 e. The van der Waals surface area contributed by atoms with Gasteiger partial charge in [-0.3, -0.25) is 4.90 Å². The largest absolute Gasteiger partial charge is 0.416 e. The Morgan fingerprint density at radius 3 is 2.11 bits per heavy atom. The molecule has 0 heterocycles. The first-order valence-corrected chi connectivity index (χ1v) is 6.27. The van der Waals surface area contributed by atoms with Crippen LogP contribution in [0.2, 0.25) is 0 Å². The summed E-state index contributed by atoms with van der Waals surface area (Å²) in [5.74, 6) is 0. The number of rotatable bonds is 5.